The molecule has 0 saturated carbocycles. The molecule has 0 atom stereocenters. The zero-order chi connectivity index (χ0) is 19.2. The first-order chi connectivity index (χ1) is 13.8. The highest BCUT2D eigenvalue weighted by atomic mass is 32.2. The first kappa shape index (κ1) is 20.3. The first-order valence-corrected chi connectivity index (χ1v) is 10.0. The monoisotopic (exact) mass is 404 g/mol. The fraction of sp³-hybridized carbons (Fsp3) is 0. The van der Waals surface area contributed by atoms with Crippen LogP contribution in [0.25, 0.3) is 0 Å². The average molecular weight is 404 g/mol. The summed E-state index contributed by atoms with van der Waals surface area (Å²) >= 11 is 0. The number of hydrogen-bond donors (Lipinski definition) is 0. The molecule has 0 radical (unpaired) electrons. The first-order valence-electron chi connectivity index (χ1n) is 8.86. The van der Waals surface area contributed by atoms with Crippen LogP contribution in [-0.2, 0) is 10.8 Å². The van der Waals surface area contributed by atoms with Gasteiger partial charge in [-0.15, -0.1) is 0 Å². The van der Waals surface area contributed by atoms with Crippen LogP contribution in [0.5, 0.6) is 23.0 Å². The maximum absolute atomic E-state index is 12.8. The van der Waals surface area contributed by atoms with Crippen LogP contribution in [0.4, 0.5) is 0 Å². The molecule has 29 heavy (non-hydrogen) atoms. The molecule has 0 heterocycles. The molecule has 0 aromatic heterocycles. The Bertz CT molecular complexity index is 961. The second-order valence-electron chi connectivity index (χ2n) is 6.04. The SMILES string of the molecule is O.O=S(c1ccc(Oc2ccccc2)cc1)c1ccc(Oc2ccccc2)cc1. The number of para-hydroxylation sites is 2. The molecule has 4 nitrogen and oxygen atoms in total. The van der Waals surface area contributed by atoms with Gasteiger partial charge in [-0.2, -0.15) is 0 Å². The Morgan fingerprint density at radius 1 is 0.448 bits per heavy atom. The fourth-order valence-electron chi connectivity index (χ4n) is 2.65. The molecule has 0 aliphatic heterocycles. The Balaban J connectivity index is 0.00000240. The van der Waals surface area contributed by atoms with Gasteiger partial charge < -0.3 is 14.9 Å². The highest BCUT2D eigenvalue weighted by molar-refractivity contribution is 7.85. The van der Waals surface area contributed by atoms with Crippen LogP contribution in [0.1, 0.15) is 0 Å². The van der Waals surface area contributed by atoms with Crippen LogP contribution >= 0.6 is 0 Å². The third kappa shape index (κ3) is 5.31. The van der Waals surface area contributed by atoms with Gasteiger partial charge in [-0.25, -0.2) is 4.21 Å². The van der Waals surface area contributed by atoms with E-state index in [1.807, 2.05) is 109 Å². The second-order valence-corrected chi connectivity index (χ2v) is 7.52. The molecule has 0 aliphatic rings. The summed E-state index contributed by atoms with van der Waals surface area (Å²) in [5.41, 5.74) is 0. The summed E-state index contributed by atoms with van der Waals surface area (Å²) in [5, 5.41) is 0. The van der Waals surface area contributed by atoms with Crippen LogP contribution in [0.3, 0.4) is 0 Å². The Kier molecular flexibility index (Phi) is 6.79. The number of benzene rings is 4. The van der Waals surface area contributed by atoms with E-state index in [1.165, 1.54) is 0 Å². The molecule has 0 amide bonds. The van der Waals surface area contributed by atoms with Crippen LogP contribution in [0.2, 0.25) is 0 Å². The van der Waals surface area contributed by atoms with E-state index in [2.05, 4.69) is 0 Å². The molecule has 4 rings (SSSR count). The van der Waals surface area contributed by atoms with Gasteiger partial charge in [-0.1, -0.05) is 36.4 Å². The highest BCUT2D eigenvalue weighted by Crippen LogP contribution is 2.26. The van der Waals surface area contributed by atoms with Crippen molar-refractivity contribution >= 4 is 10.8 Å². The Morgan fingerprint density at radius 2 is 0.759 bits per heavy atom. The molecule has 0 unspecified atom stereocenters. The molecule has 0 fully saturated rings. The van der Waals surface area contributed by atoms with Crippen molar-refractivity contribution in [2.75, 3.05) is 0 Å². The van der Waals surface area contributed by atoms with Gasteiger partial charge in [0.1, 0.15) is 23.0 Å². The van der Waals surface area contributed by atoms with Crippen molar-refractivity contribution in [1.29, 1.82) is 0 Å². The lowest BCUT2D eigenvalue weighted by molar-refractivity contribution is 0.482. The van der Waals surface area contributed by atoms with Crippen molar-refractivity contribution in [2.45, 2.75) is 9.79 Å². The smallest absolute Gasteiger partial charge is 0.127 e. The molecule has 2 N–H and O–H groups in total. The third-order valence-electron chi connectivity index (χ3n) is 4.03. The van der Waals surface area contributed by atoms with E-state index in [-0.39, 0.29) is 5.48 Å². The lowest BCUT2D eigenvalue weighted by Crippen LogP contribution is -1.93. The molecule has 146 valence electrons. The van der Waals surface area contributed by atoms with E-state index in [9.17, 15) is 4.21 Å². The molecule has 4 aromatic rings. The van der Waals surface area contributed by atoms with Crippen molar-refractivity contribution in [3.05, 3.63) is 109 Å². The predicted molar refractivity (Wildman–Crippen MR) is 114 cm³/mol. The Hall–Kier alpha value is -3.41. The number of hydrogen-bond acceptors (Lipinski definition) is 3. The van der Waals surface area contributed by atoms with E-state index < -0.39 is 10.8 Å². The van der Waals surface area contributed by atoms with Crippen molar-refractivity contribution in [3.63, 3.8) is 0 Å². The molecule has 0 bridgehead atoms. The van der Waals surface area contributed by atoms with E-state index in [1.54, 1.807) is 0 Å². The van der Waals surface area contributed by atoms with Gasteiger partial charge in [-0.3, -0.25) is 0 Å². The van der Waals surface area contributed by atoms with Crippen molar-refractivity contribution in [3.8, 4) is 23.0 Å². The maximum Gasteiger partial charge on any atom is 0.127 e. The molecule has 0 saturated heterocycles. The zero-order valence-electron chi connectivity index (χ0n) is 15.5. The summed E-state index contributed by atoms with van der Waals surface area (Å²) in [5.74, 6) is 2.95. The van der Waals surface area contributed by atoms with E-state index >= 15 is 0 Å². The highest BCUT2D eigenvalue weighted by Gasteiger charge is 2.08. The standard InChI is InChI=1S/C24H18O3S.H2O/c25-28(23-15-11-21(12-16-23)26-19-7-3-1-4-8-19)24-17-13-22(14-18-24)27-20-9-5-2-6-10-20;/h1-18H;1H2. The summed E-state index contributed by atoms with van der Waals surface area (Å²) in [6.07, 6.45) is 0. The summed E-state index contributed by atoms with van der Waals surface area (Å²) in [4.78, 5) is 1.44. The summed E-state index contributed by atoms with van der Waals surface area (Å²) in [7, 11) is -1.27. The molecular formula is C24H20O4S. The molecular weight excluding hydrogens is 384 g/mol. The quantitative estimate of drug-likeness (QED) is 0.419. The normalized spacial score (nSPS) is 10.2. The van der Waals surface area contributed by atoms with E-state index in [0.717, 1.165) is 21.3 Å². The van der Waals surface area contributed by atoms with E-state index in [0.29, 0.717) is 11.5 Å². The van der Waals surface area contributed by atoms with Gasteiger partial charge in [0.05, 0.1) is 10.8 Å². The van der Waals surface area contributed by atoms with Crippen molar-refractivity contribution in [1.82, 2.24) is 0 Å². The average Bonchev–Trinajstić information content (AvgIpc) is 2.76. The second kappa shape index (κ2) is 9.68. The van der Waals surface area contributed by atoms with Crippen LogP contribution < -0.4 is 9.47 Å². The Labute approximate surface area is 172 Å². The molecule has 4 aromatic carbocycles. The minimum Gasteiger partial charge on any atom is -0.457 e. The zero-order valence-corrected chi connectivity index (χ0v) is 16.3. The molecule has 0 aliphatic carbocycles. The van der Waals surface area contributed by atoms with Gasteiger partial charge in [-0.05, 0) is 72.8 Å². The van der Waals surface area contributed by atoms with Crippen molar-refractivity contribution < 1.29 is 19.2 Å². The molecule has 0 spiro atoms. The minimum absolute atomic E-state index is 0. The van der Waals surface area contributed by atoms with Crippen LogP contribution in [-0.4, -0.2) is 9.69 Å². The predicted octanol–water partition coefficient (Wildman–Crippen LogP) is 5.61. The van der Waals surface area contributed by atoms with Crippen LogP contribution in [0.15, 0.2) is 119 Å². The fourth-order valence-corrected chi connectivity index (χ4v) is 3.69. The van der Waals surface area contributed by atoms with E-state index in [4.69, 9.17) is 9.47 Å². The maximum atomic E-state index is 12.8. The lowest BCUT2D eigenvalue weighted by atomic mass is 10.3. The Morgan fingerprint density at radius 3 is 1.10 bits per heavy atom. The van der Waals surface area contributed by atoms with Gasteiger partial charge in [0.15, 0.2) is 0 Å². The minimum atomic E-state index is -1.27. The van der Waals surface area contributed by atoms with Gasteiger partial charge in [0.2, 0.25) is 0 Å². The summed E-state index contributed by atoms with van der Waals surface area (Å²) in [6.45, 7) is 0. The van der Waals surface area contributed by atoms with Crippen molar-refractivity contribution in [2.24, 2.45) is 0 Å². The van der Waals surface area contributed by atoms with Gasteiger partial charge in [0.25, 0.3) is 0 Å². The number of ether oxygens (including phenoxy) is 2. The van der Waals surface area contributed by atoms with Gasteiger partial charge >= 0.3 is 0 Å². The number of rotatable bonds is 6. The van der Waals surface area contributed by atoms with Crippen LogP contribution in [0, 0.1) is 0 Å². The lowest BCUT2D eigenvalue weighted by Gasteiger charge is -2.08. The summed E-state index contributed by atoms with van der Waals surface area (Å²) in [6, 6.07) is 33.7. The largest absolute Gasteiger partial charge is 0.457 e. The summed E-state index contributed by atoms with van der Waals surface area (Å²) < 4.78 is 24.4. The van der Waals surface area contributed by atoms with Gasteiger partial charge in [0, 0.05) is 9.79 Å². The topological polar surface area (TPSA) is 67.0 Å². The third-order valence-corrected chi connectivity index (χ3v) is 5.43. The molecule has 5 heteroatoms.